The molecule has 0 bridgehead atoms. The van der Waals surface area contributed by atoms with Crippen molar-refractivity contribution in [3.8, 4) is 0 Å². The number of pyridine rings is 1. The van der Waals surface area contributed by atoms with E-state index in [2.05, 4.69) is 4.98 Å². The van der Waals surface area contributed by atoms with Crippen molar-refractivity contribution in [2.45, 2.75) is 12.2 Å². The third kappa shape index (κ3) is 2.13. The van der Waals surface area contributed by atoms with Gasteiger partial charge in [0.05, 0.1) is 12.2 Å². The molecule has 1 fully saturated rings. The van der Waals surface area contributed by atoms with Gasteiger partial charge in [-0.2, -0.15) is 0 Å². The van der Waals surface area contributed by atoms with E-state index in [0.717, 1.165) is 0 Å². The van der Waals surface area contributed by atoms with Crippen LogP contribution >= 0.6 is 12.2 Å². The molecule has 1 aromatic rings. The largest absolute Gasteiger partial charge is 0.389 e. The molecule has 0 saturated carbocycles. The van der Waals surface area contributed by atoms with Gasteiger partial charge in [0.15, 0.2) is 0 Å². The van der Waals surface area contributed by atoms with Crippen LogP contribution in [0.4, 0.5) is 5.82 Å². The smallest absolute Gasteiger partial charge is 0.128 e. The molecule has 0 aliphatic carbocycles. The summed E-state index contributed by atoms with van der Waals surface area (Å²) in [6.45, 7) is 0.779. The first-order chi connectivity index (χ1) is 7.58. The summed E-state index contributed by atoms with van der Waals surface area (Å²) in [5.41, 5.74) is 6.17. The van der Waals surface area contributed by atoms with Crippen LogP contribution in [0, 0.1) is 0 Å². The number of aliphatic hydroxyl groups excluding tert-OH is 2. The van der Waals surface area contributed by atoms with Crippen LogP contribution < -0.4 is 10.6 Å². The maximum absolute atomic E-state index is 9.41. The second-order valence-electron chi connectivity index (χ2n) is 3.81. The van der Waals surface area contributed by atoms with Crippen LogP contribution in [0.5, 0.6) is 0 Å². The lowest BCUT2D eigenvalue weighted by atomic mass is 10.3. The second kappa shape index (κ2) is 4.32. The first kappa shape index (κ1) is 11.3. The normalized spacial score (nSPS) is 24.8. The first-order valence-corrected chi connectivity index (χ1v) is 5.35. The summed E-state index contributed by atoms with van der Waals surface area (Å²) in [5.74, 6) is 0.704. The van der Waals surface area contributed by atoms with Crippen molar-refractivity contribution in [1.82, 2.24) is 4.98 Å². The number of thiocarbonyl (C=S) groups is 1. The average molecular weight is 239 g/mol. The molecule has 6 heteroatoms. The minimum atomic E-state index is -0.711. The van der Waals surface area contributed by atoms with E-state index in [0.29, 0.717) is 29.5 Å². The predicted molar refractivity (Wildman–Crippen MR) is 64.4 cm³/mol. The van der Waals surface area contributed by atoms with E-state index in [1.807, 2.05) is 4.90 Å². The van der Waals surface area contributed by atoms with Gasteiger partial charge in [0.1, 0.15) is 10.8 Å². The van der Waals surface area contributed by atoms with Crippen LogP contribution in [0.25, 0.3) is 0 Å². The molecule has 1 saturated heterocycles. The molecule has 86 valence electrons. The minimum Gasteiger partial charge on any atom is -0.389 e. The van der Waals surface area contributed by atoms with Crippen LogP contribution in [0.15, 0.2) is 18.3 Å². The van der Waals surface area contributed by atoms with Crippen molar-refractivity contribution >= 4 is 23.0 Å². The summed E-state index contributed by atoms with van der Waals surface area (Å²) < 4.78 is 0. The Morgan fingerprint density at radius 2 is 2.00 bits per heavy atom. The van der Waals surface area contributed by atoms with Gasteiger partial charge in [0, 0.05) is 24.8 Å². The Hall–Kier alpha value is -1.24. The number of rotatable bonds is 2. The molecular weight excluding hydrogens is 226 g/mol. The topological polar surface area (TPSA) is 82.6 Å². The standard InChI is InChI=1S/C10H13N3O2S/c11-10(16)6-1-2-9(12-3-6)13-4-7(14)8(15)5-13/h1-3,7-8,14-15H,4-5H2,(H2,11,16). The molecule has 2 heterocycles. The van der Waals surface area contributed by atoms with Gasteiger partial charge in [-0.15, -0.1) is 0 Å². The lowest BCUT2D eigenvalue weighted by Gasteiger charge is -2.16. The predicted octanol–water partition coefficient (Wildman–Crippen LogP) is -0.742. The summed E-state index contributed by atoms with van der Waals surface area (Å²) in [5, 5.41) is 18.8. The molecule has 5 nitrogen and oxygen atoms in total. The zero-order valence-corrected chi connectivity index (χ0v) is 9.39. The Kier molecular flexibility index (Phi) is 3.04. The van der Waals surface area contributed by atoms with Crippen molar-refractivity contribution in [3.63, 3.8) is 0 Å². The molecule has 0 radical (unpaired) electrons. The van der Waals surface area contributed by atoms with Gasteiger partial charge in [0.25, 0.3) is 0 Å². The number of aromatic nitrogens is 1. The van der Waals surface area contributed by atoms with Crippen molar-refractivity contribution in [2.75, 3.05) is 18.0 Å². The molecule has 0 amide bonds. The van der Waals surface area contributed by atoms with Gasteiger partial charge in [-0.05, 0) is 12.1 Å². The van der Waals surface area contributed by atoms with E-state index in [1.165, 1.54) is 0 Å². The highest BCUT2D eigenvalue weighted by atomic mass is 32.1. The highest BCUT2D eigenvalue weighted by Crippen LogP contribution is 2.18. The molecule has 1 aliphatic rings. The number of hydrogen-bond acceptors (Lipinski definition) is 5. The zero-order valence-electron chi connectivity index (χ0n) is 8.58. The summed E-state index contributed by atoms with van der Waals surface area (Å²) in [6, 6.07) is 3.56. The molecule has 0 spiro atoms. The zero-order chi connectivity index (χ0) is 11.7. The van der Waals surface area contributed by atoms with Gasteiger partial charge < -0.3 is 20.8 Å². The highest BCUT2D eigenvalue weighted by molar-refractivity contribution is 7.80. The maximum Gasteiger partial charge on any atom is 0.128 e. The molecule has 2 rings (SSSR count). The number of anilines is 1. The van der Waals surface area contributed by atoms with E-state index in [-0.39, 0.29) is 0 Å². The molecule has 2 unspecified atom stereocenters. The Balaban J connectivity index is 2.14. The van der Waals surface area contributed by atoms with Crippen LogP contribution in [0.1, 0.15) is 5.56 Å². The summed E-state index contributed by atoms with van der Waals surface area (Å²) >= 11 is 4.82. The van der Waals surface area contributed by atoms with Gasteiger partial charge in [-0.1, -0.05) is 12.2 Å². The summed E-state index contributed by atoms with van der Waals surface area (Å²) in [6.07, 6.45) is 0.170. The maximum atomic E-state index is 9.41. The third-order valence-corrected chi connectivity index (χ3v) is 2.85. The van der Waals surface area contributed by atoms with Crippen molar-refractivity contribution in [2.24, 2.45) is 5.73 Å². The van der Waals surface area contributed by atoms with Crippen LogP contribution in [-0.2, 0) is 0 Å². The van der Waals surface area contributed by atoms with E-state index in [4.69, 9.17) is 18.0 Å². The molecule has 2 atom stereocenters. The number of β-amino-alcohol motifs (C(OH)–C–C–N with tert-alkyl or cyclic N) is 2. The van der Waals surface area contributed by atoms with Crippen LogP contribution in [0.3, 0.4) is 0 Å². The Bertz CT molecular complexity index is 386. The number of hydrogen-bond donors (Lipinski definition) is 3. The fraction of sp³-hybridized carbons (Fsp3) is 0.400. The van der Waals surface area contributed by atoms with Crippen molar-refractivity contribution in [3.05, 3.63) is 23.9 Å². The second-order valence-corrected chi connectivity index (χ2v) is 4.25. The number of aliphatic hydroxyl groups is 2. The Morgan fingerprint density at radius 1 is 1.38 bits per heavy atom. The Morgan fingerprint density at radius 3 is 2.44 bits per heavy atom. The summed E-state index contributed by atoms with van der Waals surface area (Å²) in [7, 11) is 0. The molecular formula is C10H13N3O2S. The van der Waals surface area contributed by atoms with Crippen LogP contribution in [-0.4, -0.2) is 45.5 Å². The quantitative estimate of drug-likeness (QED) is 0.590. The monoisotopic (exact) mass is 239 g/mol. The third-order valence-electron chi connectivity index (χ3n) is 2.62. The first-order valence-electron chi connectivity index (χ1n) is 4.95. The number of nitrogens with zero attached hydrogens (tertiary/aromatic N) is 2. The minimum absolute atomic E-state index is 0.306. The lowest BCUT2D eigenvalue weighted by Crippen LogP contribution is -2.22. The molecule has 0 aromatic carbocycles. The van der Waals surface area contributed by atoms with Gasteiger partial charge in [-0.3, -0.25) is 0 Å². The van der Waals surface area contributed by atoms with E-state index < -0.39 is 12.2 Å². The van der Waals surface area contributed by atoms with Crippen molar-refractivity contribution in [1.29, 1.82) is 0 Å². The average Bonchev–Trinajstić information content (AvgIpc) is 2.59. The molecule has 1 aliphatic heterocycles. The van der Waals surface area contributed by atoms with E-state index in [1.54, 1.807) is 18.3 Å². The molecule has 4 N–H and O–H groups in total. The molecule has 1 aromatic heterocycles. The Labute approximate surface area is 98.5 Å². The number of nitrogens with two attached hydrogens (primary N) is 1. The SMILES string of the molecule is NC(=S)c1ccc(N2CC(O)C(O)C2)nc1. The lowest BCUT2D eigenvalue weighted by molar-refractivity contribution is 0.0572. The van der Waals surface area contributed by atoms with E-state index >= 15 is 0 Å². The van der Waals surface area contributed by atoms with Gasteiger partial charge >= 0.3 is 0 Å². The van der Waals surface area contributed by atoms with E-state index in [9.17, 15) is 10.2 Å². The summed E-state index contributed by atoms with van der Waals surface area (Å²) in [4.78, 5) is 6.31. The van der Waals surface area contributed by atoms with Gasteiger partial charge in [-0.25, -0.2) is 4.98 Å². The fourth-order valence-corrected chi connectivity index (χ4v) is 1.80. The van der Waals surface area contributed by atoms with Crippen molar-refractivity contribution < 1.29 is 10.2 Å². The fourth-order valence-electron chi connectivity index (χ4n) is 1.68. The highest BCUT2D eigenvalue weighted by Gasteiger charge is 2.30. The van der Waals surface area contributed by atoms with Crippen LogP contribution in [0.2, 0.25) is 0 Å². The van der Waals surface area contributed by atoms with Gasteiger partial charge in [0.2, 0.25) is 0 Å². The molecule has 16 heavy (non-hydrogen) atoms.